The molecule has 0 atom stereocenters. The van der Waals surface area contributed by atoms with Crippen molar-refractivity contribution in [2.45, 2.75) is 39.9 Å². The van der Waals surface area contributed by atoms with Gasteiger partial charge in [-0.25, -0.2) is 4.79 Å². The predicted molar refractivity (Wildman–Crippen MR) is 107 cm³/mol. The van der Waals surface area contributed by atoms with Crippen LogP contribution in [0.1, 0.15) is 43.6 Å². The maximum atomic E-state index is 11.6. The number of nitriles is 1. The van der Waals surface area contributed by atoms with Gasteiger partial charge in [-0.05, 0) is 57.5 Å². The molecular formula is C22H23NO7. The van der Waals surface area contributed by atoms with E-state index in [0.717, 1.165) is 5.56 Å². The molecule has 8 heteroatoms. The van der Waals surface area contributed by atoms with Crippen molar-refractivity contribution in [1.29, 1.82) is 5.26 Å². The van der Waals surface area contributed by atoms with Crippen LogP contribution < -0.4 is 14.2 Å². The first-order chi connectivity index (χ1) is 14.0. The van der Waals surface area contributed by atoms with Crippen molar-refractivity contribution in [3.8, 4) is 23.5 Å². The third kappa shape index (κ3) is 5.00. The molecular weight excluding hydrogens is 390 g/mol. The molecule has 0 amide bonds. The van der Waals surface area contributed by atoms with Gasteiger partial charge in [-0.15, -0.1) is 5.26 Å². The number of benzene rings is 2. The average molecular weight is 413 g/mol. The van der Waals surface area contributed by atoms with Gasteiger partial charge in [0.15, 0.2) is 11.5 Å². The van der Waals surface area contributed by atoms with Crippen molar-refractivity contribution in [2.75, 3.05) is 0 Å². The van der Waals surface area contributed by atoms with Crippen LogP contribution in [-0.2, 0) is 11.4 Å². The highest BCUT2D eigenvalue weighted by atomic mass is 16.5. The van der Waals surface area contributed by atoms with Gasteiger partial charge in [0.05, 0.1) is 5.56 Å². The summed E-state index contributed by atoms with van der Waals surface area (Å²) in [5.41, 5.74) is -1.39. The normalized spacial score (nSPS) is 11.3. The molecule has 0 aliphatic carbocycles. The first-order valence-electron chi connectivity index (χ1n) is 9.05. The first-order valence-corrected chi connectivity index (χ1v) is 9.05. The van der Waals surface area contributed by atoms with Gasteiger partial charge in [0.25, 0.3) is 6.26 Å². The van der Waals surface area contributed by atoms with Crippen LogP contribution in [0.2, 0.25) is 0 Å². The number of carboxylic acids is 2. The monoisotopic (exact) mass is 413 g/mol. The van der Waals surface area contributed by atoms with Crippen molar-refractivity contribution in [3.63, 3.8) is 0 Å². The van der Waals surface area contributed by atoms with Crippen LogP contribution in [0, 0.1) is 16.9 Å². The lowest BCUT2D eigenvalue weighted by molar-refractivity contribution is -0.158. The fourth-order valence-corrected chi connectivity index (χ4v) is 2.36. The minimum absolute atomic E-state index is 0.0884. The van der Waals surface area contributed by atoms with E-state index in [1.807, 2.05) is 0 Å². The molecule has 0 saturated heterocycles. The summed E-state index contributed by atoms with van der Waals surface area (Å²) in [7, 11) is 0. The topological polar surface area (TPSA) is 126 Å². The second-order valence-corrected chi connectivity index (χ2v) is 7.64. The fourth-order valence-electron chi connectivity index (χ4n) is 2.36. The van der Waals surface area contributed by atoms with Gasteiger partial charge in [-0.3, -0.25) is 4.79 Å². The van der Waals surface area contributed by atoms with Crippen LogP contribution in [0.5, 0.6) is 17.2 Å². The number of carbonyl (C=O) groups is 2. The minimum atomic E-state index is -1.21. The Bertz CT molecular complexity index is 972. The molecule has 0 unspecified atom stereocenters. The molecule has 0 fully saturated rings. The Morgan fingerprint density at radius 1 is 1.00 bits per heavy atom. The number of aliphatic carboxylic acids is 1. The quantitative estimate of drug-likeness (QED) is 0.589. The SMILES string of the molecule is CC(C)(Oc1ccc(OCc2ccc(C(=O)O)cc2)cc1OC#N)C(C)(C)C(=O)O. The van der Waals surface area contributed by atoms with Crippen LogP contribution in [0.15, 0.2) is 42.5 Å². The molecule has 30 heavy (non-hydrogen) atoms. The van der Waals surface area contributed by atoms with Gasteiger partial charge in [0, 0.05) is 6.07 Å². The number of hydrogen-bond donors (Lipinski definition) is 2. The van der Waals surface area contributed by atoms with Crippen molar-refractivity contribution in [1.82, 2.24) is 0 Å². The summed E-state index contributed by atoms with van der Waals surface area (Å²) >= 11 is 0. The zero-order valence-electron chi connectivity index (χ0n) is 17.1. The molecule has 0 heterocycles. The summed E-state index contributed by atoms with van der Waals surface area (Å²) in [6, 6.07) is 10.9. The molecule has 2 rings (SSSR count). The van der Waals surface area contributed by atoms with E-state index in [1.165, 1.54) is 24.3 Å². The molecule has 158 valence electrons. The molecule has 2 aromatic rings. The number of aromatic carboxylic acids is 1. The number of ether oxygens (including phenoxy) is 3. The number of rotatable bonds is 9. The highest BCUT2D eigenvalue weighted by Crippen LogP contribution is 2.40. The van der Waals surface area contributed by atoms with Gasteiger partial charge in [-0.1, -0.05) is 12.1 Å². The Morgan fingerprint density at radius 2 is 1.63 bits per heavy atom. The van der Waals surface area contributed by atoms with E-state index >= 15 is 0 Å². The number of nitrogens with zero attached hydrogens (tertiary/aromatic N) is 1. The molecule has 0 aromatic heterocycles. The van der Waals surface area contributed by atoms with Gasteiger partial charge in [-0.2, -0.15) is 0 Å². The zero-order valence-corrected chi connectivity index (χ0v) is 17.1. The van der Waals surface area contributed by atoms with Crippen molar-refractivity contribution < 1.29 is 34.0 Å². The molecule has 2 aromatic carbocycles. The van der Waals surface area contributed by atoms with Gasteiger partial charge in [0.2, 0.25) is 0 Å². The predicted octanol–water partition coefficient (Wildman–Crippen LogP) is 4.09. The standard InChI is InChI=1S/C22H23NO7/c1-21(2,20(26)27)22(3,4)30-17-10-9-16(11-18(17)29-13-23)28-12-14-5-7-15(8-6-14)19(24)25/h5-11H,12H2,1-4H3,(H,24,25)(H,26,27). The van der Waals surface area contributed by atoms with E-state index in [1.54, 1.807) is 52.1 Å². The Labute approximate surface area is 174 Å². The smallest absolute Gasteiger partial charge is 0.335 e. The molecule has 0 bridgehead atoms. The number of hydrogen-bond acceptors (Lipinski definition) is 6. The molecule has 0 aliphatic rings. The van der Waals surface area contributed by atoms with Crippen LogP contribution in [0.4, 0.5) is 0 Å². The summed E-state index contributed by atoms with van der Waals surface area (Å²) in [6.07, 6.45) is 1.58. The molecule has 2 N–H and O–H groups in total. The van der Waals surface area contributed by atoms with E-state index in [-0.39, 0.29) is 23.7 Å². The lowest BCUT2D eigenvalue weighted by Gasteiger charge is -2.38. The van der Waals surface area contributed by atoms with Gasteiger partial charge >= 0.3 is 11.9 Å². The van der Waals surface area contributed by atoms with E-state index < -0.39 is 23.0 Å². The maximum Gasteiger partial charge on any atom is 0.335 e. The Kier molecular flexibility index (Phi) is 6.57. The third-order valence-electron chi connectivity index (χ3n) is 5.08. The Balaban J connectivity index is 2.19. The summed E-state index contributed by atoms with van der Waals surface area (Å²) in [5, 5.41) is 27.4. The summed E-state index contributed by atoms with van der Waals surface area (Å²) in [6.45, 7) is 6.55. The fraction of sp³-hybridized carbons (Fsp3) is 0.318. The molecule has 0 spiro atoms. The Morgan fingerprint density at radius 3 is 2.17 bits per heavy atom. The highest BCUT2D eigenvalue weighted by Gasteiger charge is 2.46. The lowest BCUT2D eigenvalue weighted by atomic mass is 9.77. The van der Waals surface area contributed by atoms with Gasteiger partial charge in [0.1, 0.15) is 23.4 Å². The summed E-state index contributed by atoms with van der Waals surface area (Å²) in [5.74, 6) is -1.35. The molecule has 0 saturated carbocycles. The minimum Gasteiger partial charge on any atom is -0.489 e. The second kappa shape index (κ2) is 8.74. The van der Waals surface area contributed by atoms with Crippen molar-refractivity contribution >= 4 is 11.9 Å². The van der Waals surface area contributed by atoms with Crippen LogP contribution in [0.3, 0.4) is 0 Å². The van der Waals surface area contributed by atoms with E-state index in [0.29, 0.717) is 5.75 Å². The molecule has 8 nitrogen and oxygen atoms in total. The lowest BCUT2D eigenvalue weighted by Crippen LogP contribution is -2.49. The van der Waals surface area contributed by atoms with Crippen molar-refractivity contribution in [3.05, 3.63) is 53.6 Å². The van der Waals surface area contributed by atoms with E-state index in [2.05, 4.69) is 0 Å². The van der Waals surface area contributed by atoms with Crippen LogP contribution in [0.25, 0.3) is 0 Å². The van der Waals surface area contributed by atoms with E-state index in [4.69, 9.17) is 24.6 Å². The highest BCUT2D eigenvalue weighted by molar-refractivity contribution is 5.87. The van der Waals surface area contributed by atoms with Crippen LogP contribution >= 0.6 is 0 Å². The summed E-state index contributed by atoms with van der Waals surface area (Å²) in [4.78, 5) is 22.5. The maximum absolute atomic E-state index is 11.6. The zero-order chi connectivity index (χ0) is 22.5. The van der Waals surface area contributed by atoms with Crippen LogP contribution in [-0.4, -0.2) is 27.8 Å². The molecule has 0 radical (unpaired) electrons. The Hall–Kier alpha value is -3.73. The summed E-state index contributed by atoms with van der Waals surface area (Å²) < 4.78 is 16.6. The third-order valence-corrected chi connectivity index (χ3v) is 5.08. The second-order valence-electron chi connectivity index (χ2n) is 7.64. The number of carboxylic acid groups (broad SMARTS) is 2. The average Bonchev–Trinajstić information content (AvgIpc) is 2.68. The van der Waals surface area contributed by atoms with Crippen molar-refractivity contribution in [2.24, 2.45) is 5.41 Å². The van der Waals surface area contributed by atoms with E-state index in [9.17, 15) is 14.7 Å². The first kappa shape index (κ1) is 22.6. The van der Waals surface area contributed by atoms with Gasteiger partial charge < -0.3 is 24.4 Å². The largest absolute Gasteiger partial charge is 0.489 e. The molecule has 0 aliphatic heterocycles.